The molecule has 0 aliphatic carbocycles. The van der Waals surface area contributed by atoms with Crippen LogP contribution in [-0.2, 0) is 4.74 Å². The van der Waals surface area contributed by atoms with Crippen LogP contribution < -0.4 is 5.73 Å². The van der Waals surface area contributed by atoms with E-state index >= 15 is 0 Å². The molecule has 4 heteroatoms. The molecule has 1 heterocycles. The highest BCUT2D eigenvalue weighted by molar-refractivity contribution is 4.95. The molecule has 0 aromatic carbocycles. The summed E-state index contributed by atoms with van der Waals surface area (Å²) in [6.07, 6.45) is 3.64. The number of nitrogens with two attached hydrogens (primary N) is 1. The number of hydrogen-bond acceptors (Lipinski definition) is 4. The smallest absolute Gasteiger partial charge is 0.0590 e. The van der Waals surface area contributed by atoms with E-state index in [1.54, 1.807) is 7.11 Å². The molecule has 0 saturated carbocycles. The van der Waals surface area contributed by atoms with E-state index in [1.807, 2.05) is 0 Å². The van der Waals surface area contributed by atoms with Crippen LogP contribution >= 0.6 is 0 Å². The van der Waals surface area contributed by atoms with E-state index in [0.717, 1.165) is 26.2 Å². The average molecular weight is 271 g/mol. The predicted molar refractivity (Wildman–Crippen MR) is 81.5 cm³/mol. The molecule has 1 aliphatic heterocycles. The highest BCUT2D eigenvalue weighted by Crippen LogP contribution is 2.29. The van der Waals surface area contributed by atoms with Gasteiger partial charge in [-0.1, -0.05) is 6.92 Å². The molecular formula is C15H33N3O. The molecule has 19 heavy (non-hydrogen) atoms. The van der Waals surface area contributed by atoms with Crippen LogP contribution in [0.5, 0.6) is 0 Å². The molecule has 1 fully saturated rings. The summed E-state index contributed by atoms with van der Waals surface area (Å²) >= 11 is 0. The molecule has 1 saturated heterocycles. The zero-order valence-corrected chi connectivity index (χ0v) is 13.3. The van der Waals surface area contributed by atoms with E-state index in [4.69, 9.17) is 10.5 Å². The van der Waals surface area contributed by atoms with E-state index in [2.05, 4.69) is 30.6 Å². The van der Waals surface area contributed by atoms with Crippen LogP contribution in [0.2, 0.25) is 0 Å². The summed E-state index contributed by atoms with van der Waals surface area (Å²) in [5.74, 6) is 0. The Morgan fingerprint density at radius 2 is 2.05 bits per heavy atom. The van der Waals surface area contributed by atoms with E-state index in [0.29, 0.717) is 6.04 Å². The normalized spacial score (nSPS) is 26.1. The Bertz CT molecular complexity index is 248. The van der Waals surface area contributed by atoms with Crippen LogP contribution in [-0.4, -0.2) is 67.8 Å². The lowest BCUT2D eigenvalue weighted by atomic mass is 9.87. The van der Waals surface area contributed by atoms with Crippen LogP contribution in [0.15, 0.2) is 0 Å². The first-order valence-corrected chi connectivity index (χ1v) is 7.77. The molecule has 1 atom stereocenters. The fraction of sp³-hybridized carbons (Fsp3) is 1.00. The van der Waals surface area contributed by atoms with E-state index in [1.165, 1.54) is 32.4 Å². The summed E-state index contributed by atoms with van der Waals surface area (Å²) in [5, 5.41) is 0. The highest BCUT2D eigenvalue weighted by atomic mass is 16.5. The molecule has 0 radical (unpaired) electrons. The van der Waals surface area contributed by atoms with Crippen molar-refractivity contribution in [3.8, 4) is 0 Å². The largest absolute Gasteiger partial charge is 0.383 e. The molecule has 1 unspecified atom stereocenters. The van der Waals surface area contributed by atoms with Crippen molar-refractivity contribution in [1.29, 1.82) is 0 Å². The van der Waals surface area contributed by atoms with Crippen molar-refractivity contribution < 1.29 is 4.74 Å². The lowest BCUT2D eigenvalue weighted by Crippen LogP contribution is -2.57. The van der Waals surface area contributed by atoms with Gasteiger partial charge in [-0.15, -0.1) is 0 Å². The first kappa shape index (κ1) is 16.9. The van der Waals surface area contributed by atoms with Crippen molar-refractivity contribution in [2.24, 2.45) is 5.73 Å². The second-order valence-electron chi connectivity index (χ2n) is 6.00. The Labute approximate surface area is 119 Å². The molecule has 1 rings (SSSR count). The van der Waals surface area contributed by atoms with Gasteiger partial charge in [-0.2, -0.15) is 0 Å². The Morgan fingerprint density at radius 1 is 1.32 bits per heavy atom. The summed E-state index contributed by atoms with van der Waals surface area (Å²) in [6, 6.07) is 0.520. The monoisotopic (exact) mass is 271 g/mol. The SMILES string of the molecule is CCN1CCCC(CN)(N(CCOC)C(C)C)CC1. The summed E-state index contributed by atoms with van der Waals surface area (Å²) in [4.78, 5) is 5.13. The van der Waals surface area contributed by atoms with Crippen molar-refractivity contribution in [2.75, 3.05) is 46.4 Å². The van der Waals surface area contributed by atoms with Gasteiger partial charge in [0.05, 0.1) is 6.61 Å². The minimum absolute atomic E-state index is 0.163. The van der Waals surface area contributed by atoms with Crippen molar-refractivity contribution in [1.82, 2.24) is 9.80 Å². The molecule has 1 aliphatic rings. The van der Waals surface area contributed by atoms with Crippen molar-refractivity contribution in [3.63, 3.8) is 0 Å². The van der Waals surface area contributed by atoms with Gasteiger partial charge in [0.1, 0.15) is 0 Å². The van der Waals surface area contributed by atoms with E-state index in [9.17, 15) is 0 Å². The number of methoxy groups -OCH3 is 1. The molecule has 0 bridgehead atoms. The van der Waals surface area contributed by atoms with Gasteiger partial charge < -0.3 is 15.4 Å². The van der Waals surface area contributed by atoms with Crippen molar-refractivity contribution in [2.45, 2.75) is 51.6 Å². The fourth-order valence-corrected chi connectivity index (χ4v) is 3.39. The van der Waals surface area contributed by atoms with Crippen LogP contribution in [0.4, 0.5) is 0 Å². The van der Waals surface area contributed by atoms with Crippen LogP contribution in [0, 0.1) is 0 Å². The molecule has 0 aromatic rings. The highest BCUT2D eigenvalue weighted by Gasteiger charge is 2.37. The maximum Gasteiger partial charge on any atom is 0.0590 e. The van der Waals surface area contributed by atoms with E-state index in [-0.39, 0.29) is 5.54 Å². The average Bonchev–Trinajstić information content (AvgIpc) is 2.62. The van der Waals surface area contributed by atoms with Crippen molar-refractivity contribution >= 4 is 0 Å². The number of nitrogens with zero attached hydrogens (tertiary/aromatic N) is 2. The quantitative estimate of drug-likeness (QED) is 0.763. The molecule has 0 amide bonds. The second-order valence-corrected chi connectivity index (χ2v) is 6.00. The lowest BCUT2D eigenvalue weighted by Gasteiger charge is -2.45. The zero-order valence-electron chi connectivity index (χ0n) is 13.3. The molecular weight excluding hydrogens is 238 g/mol. The zero-order chi connectivity index (χ0) is 14.3. The first-order valence-electron chi connectivity index (χ1n) is 7.77. The van der Waals surface area contributed by atoms with Gasteiger partial charge in [-0.3, -0.25) is 4.90 Å². The molecule has 114 valence electrons. The first-order chi connectivity index (χ1) is 9.09. The molecule has 4 nitrogen and oxygen atoms in total. The number of hydrogen-bond donors (Lipinski definition) is 1. The standard InChI is InChI=1S/C15H33N3O/c1-5-17-9-6-7-15(13-16,8-10-17)18(14(2)3)11-12-19-4/h14H,5-13,16H2,1-4H3. The van der Waals surface area contributed by atoms with Gasteiger partial charge in [0.2, 0.25) is 0 Å². The number of ether oxygens (including phenoxy) is 1. The second kappa shape index (κ2) is 8.20. The van der Waals surface area contributed by atoms with Crippen LogP contribution in [0.1, 0.15) is 40.0 Å². The third-order valence-corrected chi connectivity index (χ3v) is 4.61. The van der Waals surface area contributed by atoms with Gasteiger partial charge in [0, 0.05) is 31.8 Å². The lowest BCUT2D eigenvalue weighted by molar-refractivity contribution is 0.0243. The maximum atomic E-state index is 6.20. The fourth-order valence-electron chi connectivity index (χ4n) is 3.39. The molecule has 0 aromatic heterocycles. The summed E-state index contributed by atoms with van der Waals surface area (Å²) in [7, 11) is 1.78. The maximum absolute atomic E-state index is 6.20. The minimum Gasteiger partial charge on any atom is -0.383 e. The summed E-state index contributed by atoms with van der Waals surface area (Å²) in [5.41, 5.74) is 6.37. The Balaban J connectivity index is 2.80. The number of likely N-dealkylation sites (tertiary alicyclic amines) is 1. The summed E-state index contributed by atoms with van der Waals surface area (Å²) in [6.45, 7) is 12.9. The van der Waals surface area contributed by atoms with Gasteiger partial charge in [0.15, 0.2) is 0 Å². The van der Waals surface area contributed by atoms with Gasteiger partial charge in [-0.25, -0.2) is 0 Å². The molecule has 0 spiro atoms. The topological polar surface area (TPSA) is 41.7 Å². The van der Waals surface area contributed by atoms with Gasteiger partial charge in [-0.05, 0) is 52.7 Å². The Morgan fingerprint density at radius 3 is 2.58 bits per heavy atom. The van der Waals surface area contributed by atoms with Gasteiger partial charge >= 0.3 is 0 Å². The van der Waals surface area contributed by atoms with Gasteiger partial charge in [0.25, 0.3) is 0 Å². The predicted octanol–water partition coefficient (Wildman–Crippen LogP) is 1.55. The minimum atomic E-state index is 0.163. The Hall–Kier alpha value is -0.160. The Kier molecular flexibility index (Phi) is 7.29. The summed E-state index contributed by atoms with van der Waals surface area (Å²) < 4.78 is 5.28. The third kappa shape index (κ3) is 4.42. The van der Waals surface area contributed by atoms with Crippen molar-refractivity contribution in [3.05, 3.63) is 0 Å². The third-order valence-electron chi connectivity index (χ3n) is 4.61. The number of rotatable bonds is 7. The molecule has 2 N–H and O–H groups in total. The van der Waals surface area contributed by atoms with Crippen LogP contribution in [0.3, 0.4) is 0 Å². The van der Waals surface area contributed by atoms with E-state index < -0.39 is 0 Å². The van der Waals surface area contributed by atoms with Crippen LogP contribution in [0.25, 0.3) is 0 Å².